The molecule has 0 radical (unpaired) electrons. The van der Waals surface area contributed by atoms with Crippen LogP contribution in [0.4, 0.5) is 0 Å². The van der Waals surface area contributed by atoms with Gasteiger partial charge in [0.25, 0.3) is 16.7 Å². The van der Waals surface area contributed by atoms with E-state index < -0.39 is 11.1 Å². The van der Waals surface area contributed by atoms with Crippen LogP contribution in [-0.4, -0.2) is 66.6 Å². The van der Waals surface area contributed by atoms with Crippen LogP contribution in [0.2, 0.25) is 0 Å². The Morgan fingerprint density at radius 3 is 1.29 bits per heavy atom. The number of rotatable bonds is 16. The Labute approximate surface area is 286 Å². The summed E-state index contributed by atoms with van der Waals surface area (Å²) < 4.78 is 4.49. The van der Waals surface area contributed by atoms with Crippen LogP contribution in [0.1, 0.15) is 25.7 Å². The van der Waals surface area contributed by atoms with Gasteiger partial charge in [-0.25, -0.2) is 0 Å². The van der Waals surface area contributed by atoms with E-state index in [2.05, 4.69) is 10.2 Å². The Bertz CT molecular complexity index is 1290. The fourth-order valence-corrected chi connectivity index (χ4v) is 4.29. The molecule has 0 saturated carbocycles. The molecule has 0 amide bonds. The standard InChI is InChI=1S/C27H37N5O6.4BrH/c33-22-8-1-16-30(25(22)36)19-5-12-28-11-4-13-29(14-6-20-31-17-2-9-23(34)26(31)37)15-7-21-32-18-3-10-24(35)27(32)38;;;;/h1-3,8-10,16-18,28,33-35H,4-7,11-15,19-21H2;4*1H. The second-order valence-corrected chi connectivity index (χ2v) is 9.18. The average Bonchev–Trinajstić information content (AvgIpc) is 2.90. The summed E-state index contributed by atoms with van der Waals surface area (Å²) in [5.74, 6) is -0.773. The summed E-state index contributed by atoms with van der Waals surface area (Å²) in [7, 11) is 0. The fraction of sp³-hybridized carbons (Fsp3) is 0.444. The van der Waals surface area contributed by atoms with Gasteiger partial charge in [0.2, 0.25) is 0 Å². The van der Waals surface area contributed by atoms with Crippen LogP contribution in [0.3, 0.4) is 0 Å². The molecule has 0 aliphatic rings. The Kier molecular flexibility index (Phi) is 22.7. The highest BCUT2D eigenvalue weighted by Crippen LogP contribution is 2.04. The van der Waals surface area contributed by atoms with Gasteiger partial charge in [0.1, 0.15) is 0 Å². The molecule has 0 spiro atoms. The zero-order valence-corrected chi connectivity index (χ0v) is 30.0. The third-order valence-electron chi connectivity index (χ3n) is 6.33. The molecule has 0 atom stereocenters. The molecule has 0 bridgehead atoms. The first kappa shape index (κ1) is 42.2. The minimum atomic E-state index is -0.403. The van der Waals surface area contributed by atoms with Crippen LogP contribution < -0.4 is 22.0 Å². The van der Waals surface area contributed by atoms with Gasteiger partial charge in [-0.2, -0.15) is 0 Å². The Morgan fingerprint density at radius 2 is 0.881 bits per heavy atom. The topological polar surface area (TPSA) is 142 Å². The third kappa shape index (κ3) is 13.6. The van der Waals surface area contributed by atoms with Crippen LogP contribution in [0.25, 0.3) is 0 Å². The van der Waals surface area contributed by atoms with E-state index in [1.807, 2.05) is 0 Å². The van der Waals surface area contributed by atoms with E-state index in [4.69, 9.17) is 0 Å². The quantitative estimate of drug-likeness (QED) is 0.161. The van der Waals surface area contributed by atoms with Crippen LogP contribution in [0, 0.1) is 0 Å². The zero-order chi connectivity index (χ0) is 27.3. The van der Waals surface area contributed by atoms with Crippen LogP contribution in [0.15, 0.2) is 69.4 Å². The molecule has 3 aromatic heterocycles. The third-order valence-corrected chi connectivity index (χ3v) is 6.33. The van der Waals surface area contributed by atoms with E-state index in [-0.39, 0.29) is 90.7 Å². The second-order valence-electron chi connectivity index (χ2n) is 9.18. The van der Waals surface area contributed by atoms with Gasteiger partial charge in [-0.05, 0) is 94.8 Å². The lowest BCUT2D eigenvalue weighted by Gasteiger charge is -2.23. The van der Waals surface area contributed by atoms with Gasteiger partial charge in [0.05, 0.1) is 0 Å². The summed E-state index contributed by atoms with van der Waals surface area (Å²) in [4.78, 5) is 38.3. The Hall–Kier alpha value is -1.91. The van der Waals surface area contributed by atoms with Crippen molar-refractivity contribution < 1.29 is 15.3 Å². The molecule has 3 rings (SSSR count). The zero-order valence-electron chi connectivity index (χ0n) is 23.2. The molecular weight excluding hydrogens is 810 g/mol. The highest BCUT2D eigenvalue weighted by Gasteiger charge is 2.08. The molecule has 0 aliphatic carbocycles. The summed E-state index contributed by atoms with van der Waals surface area (Å²) in [6.45, 7) is 5.35. The summed E-state index contributed by atoms with van der Waals surface area (Å²) in [5, 5.41) is 32.2. The molecule has 0 saturated heterocycles. The number of aryl methyl sites for hydroxylation is 3. The number of aromatic hydroxyl groups is 3. The van der Waals surface area contributed by atoms with Gasteiger partial charge in [0.15, 0.2) is 17.2 Å². The first-order valence-electron chi connectivity index (χ1n) is 12.9. The Balaban J connectivity index is 0. The van der Waals surface area contributed by atoms with Gasteiger partial charge >= 0.3 is 0 Å². The lowest BCUT2D eigenvalue weighted by Crippen LogP contribution is -2.32. The molecule has 15 heteroatoms. The summed E-state index contributed by atoms with van der Waals surface area (Å²) in [5.41, 5.74) is -1.19. The van der Waals surface area contributed by atoms with E-state index >= 15 is 0 Å². The van der Waals surface area contributed by atoms with Crippen molar-refractivity contribution in [1.29, 1.82) is 0 Å². The van der Waals surface area contributed by atoms with Gasteiger partial charge in [-0.3, -0.25) is 14.4 Å². The number of nitrogens with one attached hydrogen (secondary N) is 1. The first-order valence-corrected chi connectivity index (χ1v) is 12.9. The molecule has 0 aromatic carbocycles. The number of aromatic nitrogens is 3. The number of halogens is 4. The molecule has 3 aromatic rings. The van der Waals surface area contributed by atoms with Gasteiger partial charge in [-0.1, -0.05) is 0 Å². The molecule has 3 heterocycles. The molecule has 42 heavy (non-hydrogen) atoms. The lowest BCUT2D eigenvalue weighted by atomic mass is 10.2. The van der Waals surface area contributed by atoms with Gasteiger partial charge < -0.3 is 39.2 Å². The Morgan fingerprint density at radius 1 is 0.548 bits per heavy atom. The minimum absolute atomic E-state index is 0. The van der Waals surface area contributed by atoms with Gasteiger partial charge in [-0.15, -0.1) is 67.9 Å². The maximum absolute atomic E-state index is 12.1. The molecule has 4 N–H and O–H groups in total. The van der Waals surface area contributed by atoms with Crippen molar-refractivity contribution in [2.45, 2.75) is 45.3 Å². The van der Waals surface area contributed by atoms with Crippen molar-refractivity contribution in [2.24, 2.45) is 0 Å². The van der Waals surface area contributed by atoms with Crippen molar-refractivity contribution in [3.05, 3.63) is 86.1 Å². The molecule has 0 aliphatic heterocycles. The average molecular weight is 851 g/mol. The monoisotopic (exact) mass is 847 g/mol. The van der Waals surface area contributed by atoms with E-state index in [0.29, 0.717) is 19.6 Å². The maximum atomic E-state index is 12.1. The summed E-state index contributed by atoms with van der Waals surface area (Å²) in [6.07, 6.45) is 8.08. The highest BCUT2D eigenvalue weighted by atomic mass is 79.9. The van der Waals surface area contributed by atoms with Crippen molar-refractivity contribution in [3.63, 3.8) is 0 Å². The van der Waals surface area contributed by atoms with Crippen molar-refractivity contribution in [2.75, 3.05) is 32.7 Å². The van der Waals surface area contributed by atoms with Gasteiger partial charge in [0, 0.05) is 38.2 Å². The largest absolute Gasteiger partial charge is 0.503 e. The number of nitrogens with zero attached hydrogens (tertiary/aromatic N) is 4. The van der Waals surface area contributed by atoms with E-state index in [0.717, 1.165) is 58.4 Å². The molecule has 0 unspecified atom stereocenters. The smallest absolute Gasteiger partial charge is 0.292 e. The number of pyridine rings is 3. The predicted molar refractivity (Wildman–Crippen MR) is 186 cm³/mol. The SMILES string of the molecule is Br.Br.Br.Br.O=c1c(O)cccn1CCCNCCCN(CCCn1cccc(O)c1=O)CCCn1cccc(O)c1=O. The minimum Gasteiger partial charge on any atom is -0.503 e. The summed E-state index contributed by atoms with van der Waals surface area (Å²) >= 11 is 0. The molecular formula is C27H41Br4N5O6. The van der Waals surface area contributed by atoms with Crippen LogP contribution in [0.5, 0.6) is 17.2 Å². The number of hydrogen-bond acceptors (Lipinski definition) is 8. The second kappa shape index (κ2) is 22.6. The first-order chi connectivity index (χ1) is 18.4. The summed E-state index contributed by atoms with van der Waals surface area (Å²) in [6, 6.07) is 9.07. The lowest BCUT2D eigenvalue weighted by molar-refractivity contribution is 0.252. The van der Waals surface area contributed by atoms with Crippen molar-refractivity contribution in [1.82, 2.24) is 23.9 Å². The molecule has 0 fully saturated rings. The molecule has 238 valence electrons. The van der Waals surface area contributed by atoms with Crippen molar-refractivity contribution in [3.8, 4) is 17.2 Å². The van der Waals surface area contributed by atoms with Crippen LogP contribution in [-0.2, 0) is 19.6 Å². The van der Waals surface area contributed by atoms with E-state index in [1.54, 1.807) is 36.8 Å². The maximum Gasteiger partial charge on any atom is 0.292 e. The predicted octanol–water partition coefficient (Wildman–Crippen LogP) is 3.45. The van der Waals surface area contributed by atoms with Crippen molar-refractivity contribution >= 4 is 67.9 Å². The van der Waals surface area contributed by atoms with Crippen LogP contribution >= 0.6 is 67.9 Å². The van der Waals surface area contributed by atoms with E-state index in [9.17, 15) is 29.7 Å². The molecule has 11 nitrogen and oxygen atoms in total. The highest BCUT2D eigenvalue weighted by molar-refractivity contribution is 8.93. The fourth-order valence-electron chi connectivity index (χ4n) is 4.29. The normalized spacial score (nSPS) is 10.2. The van der Waals surface area contributed by atoms with E-state index in [1.165, 1.54) is 31.9 Å². The number of hydrogen-bond donors (Lipinski definition) is 4.